The molecule has 1 aromatic rings. The maximum atomic E-state index is 11.9. The zero-order valence-electron chi connectivity index (χ0n) is 7.57. The Morgan fingerprint density at radius 2 is 2.14 bits per heavy atom. The average molecular weight is 214 g/mol. The van der Waals surface area contributed by atoms with Crippen LogP contribution in [0.3, 0.4) is 0 Å². The van der Waals surface area contributed by atoms with Gasteiger partial charge in [-0.2, -0.15) is 0 Å². The quantitative estimate of drug-likeness (QED) is 0.764. The second-order valence-corrected chi connectivity index (χ2v) is 3.85. The number of thioether (sulfide) groups is 1. The van der Waals surface area contributed by atoms with Crippen molar-refractivity contribution in [2.45, 2.75) is 11.3 Å². The van der Waals surface area contributed by atoms with E-state index in [4.69, 9.17) is 5.11 Å². The van der Waals surface area contributed by atoms with Gasteiger partial charge in [-0.05, 0) is 11.6 Å². The summed E-state index contributed by atoms with van der Waals surface area (Å²) in [5.74, 6) is -0.491. The highest BCUT2D eigenvalue weighted by Gasteiger charge is 2.05. The van der Waals surface area contributed by atoms with Crippen LogP contribution < -0.4 is 0 Å². The van der Waals surface area contributed by atoms with Gasteiger partial charge in [0, 0.05) is 10.6 Å². The fourth-order valence-corrected chi connectivity index (χ4v) is 1.90. The molecule has 0 bridgehead atoms. The van der Waals surface area contributed by atoms with E-state index in [0.29, 0.717) is 5.75 Å². The maximum Gasteiger partial charge on any atom is 0.307 e. The van der Waals surface area contributed by atoms with Crippen molar-refractivity contribution in [3.05, 3.63) is 29.8 Å². The van der Waals surface area contributed by atoms with E-state index < -0.39 is 12.6 Å². The standard InChI is InChI=1S/C10H11FO2S/c11-5-6-14-9-4-2-1-3-8(9)7-10(12)13/h1-4H,5-7H2,(H,12,13). The number of rotatable bonds is 5. The lowest BCUT2D eigenvalue weighted by Crippen LogP contribution is -2.01. The maximum absolute atomic E-state index is 11.9. The lowest BCUT2D eigenvalue weighted by atomic mass is 10.1. The Balaban J connectivity index is 2.74. The van der Waals surface area contributed by atoms with E-state index in [0.717, 1.165) is 10.5 Å². The number of aliphatic carboxylic acids is 1. The SMILES string of the molecule is O=C(O)Cc1ccccc1SCCF. The van der Waals surface area contributed by atoms with E-state index in [1.807, 2.05) is 12.1 Å². The summed E-state index contributed by atoms with van der Waals surface area (Å²) in [6, 6.07) is 7.19. The minimum atomic E-state index is -0.863. The molecule has 0 unspecified atom stereocenters. The van der Waals surface area contributed by atoms with Crippen molar-refractivity contribution in [2.75, 3.05) is 12.4 Å². The van der Waals surface area contributed by atoms with Crippen LogP contribution in [-0.2, 0) is 11.2 Å². The molecule has 14 heavy (non-hydrogen) atoms. The first-order valence-electron chi connectivity index (χ1n) is 4.22. The molecule has 0 radical (unpaired) electrons. The molecule has 4 heteroatoms. The summed E-state index contributed by atoms with van der Waals surface area (Å²) in [5, 5.41) is 8.63. The summed E-state index contributed by atoms with van der Waals surface area (Å²) in [5.41, 5.74) is 0.749. The highest BCUT2D eigenvalue weighted by Crippen LogP contribution is 2.22. The number of halogens is 1. The predicted octanol–water partition coefficient (Wildman–Crippen LogP) is 2.38. The summed E-state index contributed by atoms with van der Waals surface area (Å²) in [7, 11) is 0. The molecule has 0 fully saturated rings. The topological polar surface area (TPSA) is 37.3 Å². The van der Waals surface area contributed by atoms with Crippen LogP contribution in [-0.4, -0.2) is 23.5 Å². The van der Waals surface area contributed by atoms with Gasteiger partial charge in [0.1, 0.15) is 0 Å². The Bertz CT molecular complexity index is 315. The zero-order chi connectivity index (χ0) is 10.4. The number of carbonyl (C=O) groups is 1. The van der Waals surface area contributed by atoms with E-state index in [9.17, 15) is 9.18 Å². The number of hydrogen-bond donors (Lipinski definition) is 1. The molecule has 2 nitrogen and oxygen atoms in total. The van der Waals surface area contributed by atoms with Crippen LogP contribution in [0.1, 0.15) is 5.56 Å². The molecule has 0 amide bonds. The van der Waals surface area contributed by atoms with Gasteiger partial charge in [-0.25, -0.2) is 0 Å². The third-order valence-electron chi connectivity index (χ3n) is 1.65. The van der Waals surface area contributed by atoms with Crippen LogP contribution in [0.5, 0.6) is 0 Å². The van der Waals surface area contributed by atoms with E-state index in [1.165, 1.54) is 11.8 Å². The van der Waals surface area contributed by atoms with Crippen LogP contribution in [0.4, 0.5) is 4.39 Å². The third kappa shape index (κ3) is 3.38. The molecule has 0 aliphatic rings. The van der Waals surface area contributed by atoms with Gasteiger partial charge >= 0.3 is 5.97 Å². The van der Waals surface area contributed by atoms with Gasteiger partial charge < -0.3 is 5.11 Å². The molecule has 0 aliphatic carbocycles. The van der Waals surface area contributed by atoms with Gasteiger partial charge in [-0.15, -0.1) is 11.8 Å². The minimum Gasteiger partial charge on any atom is -0.481 e. The van der Waals surface area contributed by atoms with Gasteiger partial charge in [-0.3, -0.25) is 9.18 Å². The summed E-state index contributed by atoms with van der Waals surface area (Å²) in [6.45, 7) is -0.397. The van der Waals surface area contributed by atoms with Crippen LogP contribution in [0.15, 0.2) is 29.2 Å². The lowest BCUT2D eigenvalue weighted by Gasteiger charge is -2.05. The normalized spacial score (nSPS) is 10.1. The van der Waals surface area contributed by atoms with Gasteiger partial charge in [0.05, 0.1) is 13.1 Å². The van der Waals surface area contributed by atoms with E-state index >= 15 is 0 Å². The third-order valence-corrected chi connectivity index (χ3v) is 2.72. The molecular formula is C10H11FO2S. The number of carboxylic acids is 1. The molecule has 0 spiro atoms. The fraction of sp³-hybridized carbons (Fsp3) is 0.300. The van der Waals surface area contributed by atoms with Crippen LogP contribution >= 0.6 is 11.8 Å². The molecule has 0 saturated heterocycles. The second-order valence-electron chi connectivity index (χ2n) is 2.72. The summed E-state index contributed by atoms with van der Waals surface area (Å²) < 4.78 is 11.9. The van der Waals surface area contributed by atoms with Gasteiger partial charge in [0.15, 0.2) is 0 Å². The molecule has 0 saturated carbocycles. The molecule has 0 aliphatic heterocycles. The number of alkyl halides is 1. The first kappa shape index (κ1) is 11.0. The van der Waals surface area contributed by atoms with Crippen molar-refractivity contribution >= 4 is 17.7 Å². The molecule has 1 N–H and O–H groups in total. The van der Waals surface area contributed by atoms with Crippen molar-refractivity contribution in [1.82, 2.24) is 0 Å². The molecule has 0 atom stereocenters. The number of carboxylic acid groups (broad SMARTS) is 1. The highest BCUT2D eigenvalue weighted by molar-refractivity contribution is 7.99. The molecular weight excluding hydrogens is 203 g/mol. The smallest absolute Gasteiger partial charge is 0.307 e. The summed E-state index contributed by atoms with van der Waals surface area (Å²) in [6.07, 6.45) is -0.00450. The molecule has 0 heterocycles. The van der Waals surface area contributed by atoms with Gasteiger partial charge in [-0.1, -0.05) is 18.2 Å². The Hall–Kier alpha value is -1.03. The van der Waals surface area contributed by atoms with Gasteiger partial charge in [0.25, 0.3) is 0 Å². The zero-order valence-corrected chi connectivity index (χ0v) is 8.39. The molecule has 76 valence electrons. The Labute approximate surface area is 86.1 Å². The average Bonchev–Trinajstić information content (AvgIpc) is 2.16. The van der Waals surface area contributed by atoms with Gasteiger partial charge in [0.2, 0.25) is 0 Å². The van der Waals surface area contributed by atoms with Crippen LogP contribution in [0.25, 0.3) is 0 Å². The minimum absolute atomic E-state index is 0.00450. The monoisotopic (exact) mass is 214 g/mol. The number of benzene rings is 1. The summed E-state index contributed by atoms with van der Waals surface area (Å²) >= 11 is 1.35. The highest BCUT2D eigenvalue weighted by atomic mass is 32.2. The van der Waals surface area contributed by atoms with Crippen molar-refractivity contribution in [2.24, 2.45) is 0 Å². The van der Waals surface area contributed by atoms with Crippen LogP contribution in [0, 0.1) is 0 Å². The number of hydrogen-bond acceptors (Lipinski definition) is 2. The van der Waals surface area contributed by atoms with Crippen LogP contribution in [0.2, 0.25) is 0 Å². The Morgan fingerprint density at radius 1 is 1.43 bits per heavy atom. The Kier molecular flexibility index (Phi) is 4.46. The largest absolute Gasteiger partial charge is 0.481 e. The van der Waals surface area contributed by atoms with E-state index in [-0.39, 0.29) is 6.42 Å². The Morgan fingerprint density at radius 3 is 2.79 bits per heavy atom. The first-order valence-corrected chi connectivity index (χ1v) is 5.21. The lowest BCUT2D eigenvalue weighted by molar-refractivity contribution is -0.136. The van der Waals surface area contributed by atoms with E-state index in [1.54, 1.807) is 12.1 Å². The van der Waals surface area contributed by atoms with Crippen molar-refractivity contribution in [3.8, 4) is 0 Å². The first-order chi connectivity index (χ1) is 6.74. The van der Waals surface area contributed by atoms with E-state index in [2.05, 4.69) is 0 Å². The molecule has 1 aromatic carbocycles. The van der Waals surface area contributed by atoms with Crippen molar-refractivity contribution in [3.63, 3.8) is 0 Å². The van der Waals surface area contributed by atoms with Crippen molar-refractivity contribution in [1.29, 1.82) is 0 Å². The molecule has 1 rings (SSSR count). The summed E-state index contributed by atoms with van der Waals surface area (Å²) in [4.78, 5) is 11.4. The van der Waals surface area contributed by atoms with Crippen molar-refractivity contribution < 1.29 is 14.3 Å². The predicted molar refractivity (Wildman–Crippen MR) is 54.5 cm³/mol. The molecule has 0 aromatic heterocycles. The second kappa shape index (κ2) is 5.65. The fourth-order valence-electron chi connectivity index (χ4n) is 1.10.